The standard InChI is InChI=1S/C22H20F3N3O3/c23-22(24,25)14-27-21(30)16-8-4-9-17(12-16)28-19(29)10-5-11-20-26-13-18(31-20)15-6-2-1-3-7-15/h1-4,6-9,12-13H,5,10-11,14H2,(H,27,30)(H,28,29). The monoisotopic (exact) mass is 431 g/mol. The summed E-state index contributed by atoms with van der Waals surface area (Å²) in [7, 11) is 0. The number of anilines is 1. The molecule has 0 bridgehead atoms. The van der Waals surface area contributed by atoms with Crippen molar-refractivity contribution in [3.8, 4) is 11.3 Å². The van der Waals surface area contributed by atoms with Crippen LogP contribution in [-0.2, 0) is 11.2 Å². The highest BCUT2D eigenvalue weighted by Crippen LogP contribution is 2.20. The number of aromatic nitrogens is 1. The lowest BCUT2D eigenvalue weighted by molar-refractivity contribution is -0.123. The number of amides is 2. The van der Waals surface area contributed by atoms with Crippen LogP contribution < -0.4 is 10.6 Å². The van der Waals surface area contributed by atoms with E-state index in [0.29, 0.717) is 30.2 Å². The average Bonchev–Trinajstić information content (AvgIpc) is 3.21. The molecule has 0 saturated carbocycles. The number of carbonyl (C=O) groups excluding carboxylic acids is 2. The molecule has 6 nitrogen and oxygen atoms in total. The molecule has 31 heavy (non-hydrogen) atoms. The first-order valence-corrected chi connectivity index (χ1v) is 9.55. The van der Waals surface area contributed by atoms with Crippen molar-refractivity contribution in [3.63, 3.8) is 0 Å². The van der Waals surface area contributed by atoms with E-state index in [0.717, 1.165) is 5.56 Å². The van der Waals surface area contributed by atoms with Crippen LogP contribution in [-0.4, -0.2) is 29.5 Å². The summed E-state index contributed by atoms with van der Waals surface area (Å²) >= 11 is 0. The van der Waals surface area contributed by atoms with Crippen molar-refractivity contribution in [1.82, 2.24) is 10.3 Å². The quantitative estimate of drug-likeness (QED) is 0.546. The molecule has 0 aliphatic carbocycles. The largest absolute Gasteiger partial charge is 0.441 e. The van der Waals surface area contributed by atoms with Crippen molar-refractivity contribution in [2.24, 2.45) is 0 Å². The van der Waals surface area contributed by atoms with Crippen LogP contribution in [0, 0.1) is 0 Å². The molecule has 0 aliphatic rings. The first-order chi connectivity index (χ1) is 14.8. The van der Waals surface area contributed by atoms with Gasteiger partial charge in [0, 0.05) is 29.7 Å². The van der Waals surface area contributed by atoms with E-state index in [9.17, 15) is 22.8 Å². The number of benzene rings is 2. The van der Waals surface area contributed by atoms with E-state index in [1.165, 1.54) is 18.2 Å². The summed E-state index contributed by atoms with van der Waals surface area (Å²) in [6.07, 6.45) is -1.70. The Balaban J connectivity index is 1.47. The fraction of sp³-hybridized carbons (Fsp3) is 0.227. The number of nitrogens with zero attached hydrogens (tertiary/aromatic N) is 1. The Hall–Kier alpha value is -3.62. The molecule has 0 aliphatic heterocycles. The number of oxazole rings is 1. The van der Waals surface area contributed by atoms with Gasteiger partial charge in [-0.15, -0.1) is 0 Å². The zero-order chi connectivity index (χ0) is 22.3. The van der Waals surface area contributed by atoms with Crippen molar-refractivity contribution in [1.29, 1.82) is 0 Å². The minimum Gasteiger partial charge on any atom is -0.441 e. The number of halogens is 3. The van der Waals surface area contributed by atoms with Gasteiger partial charge in [-0.25, -0.2) is 4.98 Å². The summed E-state index contributed by atoms with van der Waals surface area (Å²) in [6, 6.07) is 15.3. The second-order valence-electron chi connectivity index (χ2n) is 6.76. The molecule has 0 fully saturated rings. The summed E-state index contributed by atoms with van der Waals surface area (Å²) in [5.41, 5.74) is 1.26. The molecule has 0 saturated heterocycles. The Labute approximate surface area is 176 Å². The number of aryl methyl sites for hydroxylation is 1. The van der Waals surface area contributed by atoms with Gasteiger partial charge in [-0.3, -0.25) is 9.59 Å². The maximum atomic E-state index is 12.2. The first kappa shape index (κ1) is 22.1. The van der Waals surface area contributed by atoms with Crippen LogP contribution in [0.2, 0.25) is 0 Å². The highest BCUT2D eigenvalue weighted by molar-refractivity contribution is 5.97. The van der Waals surface area contributed by atoms with E-state index in [-0.39, 0.29) is 17.9 Å². The van der Waals surface area contributed by atoms with Gasteiger partial charge in [0.2, 0.25) is 5.91 Å². The third-order valence-electron chi connectivity index (χ3n) is 4.26. The van der Waals surface area contributed by atoms with E-state index in [2.05, 4.69) is 10.3 Å². The number of alkyl halides is 3. The van der Waals surface area contributed by atoms with E-state index in [4.69, 9.17) is 4.42 Å². The van der Waals surface area contributed by atoms with Crippen molar-refractivity contribution >= 4 is 17.5 Å². The summed E-state index contributed by atoms with van der Waals surface area (Å²) in [5, 5.41) is 4.43. The summed E-state index contributed by atoms with van der Waals surface area (Å²) in [6.45, 7) is -1.42. The Kier molecular flexibility index (Phi) is 7.07. The maximum Gasteiger partial charge on any atom is 0.405 e. The molecule has 3 rings (SSSR count). The Morgan fingerprint density at radius 1 is 1.03 bits per heavy atom. The zero-order valence-electron chi connectivity index (χ0n) is 16.4. The second-order valence-corrected chi connectivity index (χ2v) is 6.76. The van der Waals surface area contributed by atoms with Crippen LogP contribution in [0.15, 0.2) is 65.2 Å². The molecule has 162 valence electrons. The maximum absolute atomic E-state index is 12.2. The lowest BCUT2D eigenvalue weighted by atomic mass is 10.1. The lowest BCUT2D eigenvalue weighted by Gasteiger charge is -2.10. The molecular formula is C22H20F3N3O3. The zero-order valence-corrected chi connectivity index (χ0v) is 16.4. The van der Waals surface area contributed by atoms with Gasteiger partial charge in [0.05, 0.1) is 6.20 Å². The summed E-state index contributed by atoms with van der Waals surface area (Å²) < 4.78 is 42.4. The number of carbonyl (C=O) groups is 2. The predicted octanol–water partition coefficient (Wildman–Crippen LogP) is 4.60. The summed E-state index contributed by atoms with van der Waals surface area (Å²) in [4.78, 5) is 28.2. The molecule has 2 amide bonds. The third kappa shape index (κ3) is 6.98. The Bertz CT molecular complexity index is 1030. The molecule has 1 aromatic heterocycles. The molecule has 0 unspecified atom stereocenters. The molecular weight excluding hydrogens is 411 g/mol. The second kappa shape index (κ2) is 9.92. The van der Waals surface area contributed by atoms with Crippen molar-refractivity contribution in [2.75, 3.05) is 11.9 Å². The van der Waals surface area contributed by atoms with Gasteiger partial charge in [-0.05, 0) is 24.6 Å². The molecule has 1 heterocycles. The molecule has 9 heteroatoms. The van der Waals surface area contributed by atoms with Gasteiger partial charge >= 0.3 is 6.18 Å². The summed E-state index contributed by atoms with van der Waals surface area (Å²) in [5.74, 6) is 0.0184. The molecule has 0 spiro atoms. The van der Waals surface area contributed by atoms with Crippen LogP contribution in [0.25, 0.3) is 11.3 Å². The topological polar surface area (TPSA) is 84.2 Å². The normalized spacial score (nSPS) is 11.2. The fourth-order valence-corrected chi connectivity index (χ4v) is 2.81. The van der Waals surface area contributed by atoms with E-state index in [1.807, 2.05) is 30.3 Å². The molecule has 2 aromatic carbocycles. The fourth-order valence-electron chi connectivity index (χ4n) is 2.81. The average molecular weight is 431 g/mol. The van der Waals surface area contributed by atoms with Gasteiger partial charge in [0.25, 0.3) is 5.91 Å². The van der Waals surface area contributed by atoms with Crippen LogP contribution >= 0.6 is 0 Å². The van der Waals surface area contributed by atoms with Crippen LogP contribution in [0.5, 0.6) is 0 Å². The molecule has 3 aromatic rings. The van der Waals surface area contributed by atoms with Gasteiger partial charge in [-0.1, -0.05) is 36.4 Å². The molecule has 0 radical (unpaired) electrons. The van der Waals surface area contributed by atoms with Gasteiger partial charge in [0.15, 0.2) is 11.7 Å². The van der Waals surface area contributed by atoms with Gasteiger partial charge < -0.3 is 15.1 Å². The van der Waals surface area contributed by atoms with E-state index >= 15 is 0 Å². The highest BCUT2D eigenvalue weighted by Gasteiger charge is 2.27. The van der Waals surface area contributed by atoms with Crippen LogP contribution in [0.1, 0.15) is 29.1 Å². The SMILES string of the molecule is O=C(CCCc1ncc(-c2ccccc2)o1)Nc1cccc(C(=O)NCC(F)(F)F)c1. The number of rotatable bonds is 8. The minimum atomic E-state index is -4.49. The molecule has 0 atom stereocenters. The van der Waals surface area contributed by atoms with Crippen LogP contribution in [0.4, 0.5) is 18.9 Å². The van der Waals surface area contributed by atoms with E-state index in [1.54, 1.807) is 17.6 Å². The predicted molar refractivity (Wildman–Crippen MR) is 108 cm³/mol. The Morgan fingerprint density at radius 3 is 2.55 bits per heavy atom. The van der Waals surface area contributed by atoms with Crippen molar-refractivity contribution < 1.29 is 27.2 Å². The number of hydrogen-bond donors (Lipinski definition) is 2. The van der Waals surface area contributed by atoms with Crippen molar-refractivity contribution in [2.45, 2.75) is 25.4 Å². The van der Waals surface area contributed by atoms with E-state index < -0.39 is 18.6 Å². The smallest absolute Gasteiger partial charge is 0.405 e. The van der Waals surface area contributed by atoms with Gasteiger partial charge in [-0.2, -0.15) is 13.2 Å². The number of hydrogen-bond acceptors (Lipinski definition) is 4. The minimum absolute atomic E-state index is 0.0234. The van der Waals surface area contributed by atoms with Crippen LogP contribution in [0.3, 0.4) is 0 Å². The van der Waals surface area contributed by atoms with Gasteiger partial charge in [0.1, 0.15) is 6.54 Å². The highest BCUT2D eigenvalue weighted by atomic mass is 19.4. The molecule has 2 N–H and O–H groups in total. The lowest BCUT2D eigenvalue weighted by Crippen LogP contribution is -2.33. The first-order valence-electron chi connectivity index (χ1n) is 9.55. The number of nitrogens with one attached hydrogen (secondary N) is 2. The Morgan fingerprint density at radius 2 is 1.81 bits per heavy atom. The van der Waals surface area contributed by atoms with Crippen molar-refractivity contribution in [3.05, 3.63) is 72.2 Å². The third-order valence-corrected chi connectivity index (χ3v) is 4.26.